The van der Waals surface area contributed by atoms with Gasteiger partial charge in [0, 0.05) is 6.54 Å². The molecule has 7 heteroatoms. The van der Waals surface area contributed by atoms with Crippen LogP contribution in [0.2, 0.25) is 0 Å². The molecule has 0 spiro atoms. The molecule has 2 aromatic carbocycles. The van der Waals surface area contributed by atoms with E-state index in [1.807, 2.05) is 36.4 Å². The smallest absolute Gasteiger partial charge is 0.341 e. The van der Waals surface area contributed by atoms with Crippen molar-refractivity contribution in [2.45, 2.75) is 13.8 Å². The van der Waals surface area contributed by atoms with Crippen molar-refractivity contribution in [2.24, 2.45) is 10.9 Å². The monoisotopic (exact) mass is 410 g/mol. The minimum atomic E-state index is -1.04. The van der Waals surface area contributed by atoms with E-state index >= 15 is 0 Å². The van der Waals surface area contributed by atoms with Gasteiger partial charge in [-0.2, -0.15) is 0 Å². The molecule has 1 saturated heterocycles. The van der Waals surface area contributed by atoms with Gasteiger partial charge in [-0.05, 0) is 53.6 Å². The molecule has 2 aromatic rings. The number of carbonyl (C=O) groups is 2. The Kier molecular flexibility index (Phi) is 6.72. The van der Waals surface area contributed by atoms with Crippen molar-refractivity contribution in [1.82, 2.24) is 4.90 Å². The van der Waals surface area contributed by atoms with Crippen LogP contribution >= 0.6 is 11.8 Å². The van der Waals surface area contributed by atoms with Gasteiger partial charge in [-0.25, -0.2) is 9.79 Å². The van der Waals surface area contributed by atoms with Crippen LogP contribution in [0.15, 0.2) is 64.5 Å². The quantitative estimate of drug-likeness (QED) is 0.684. The highest BCUT2D eigenvalue weighted by Gasteiger charge is 2.33. The van der Waals surface area contributed by atoms with Gasteiger partial charge >= 0.3 is 5.97 Å². The van der Waals surface area contributed by atoms with E-state index in [1.54, 1.807) is 29.2 Å². The molecule has 1 aliphatic heterocycles. The normalized spacial score (nSPS) is 16.8. The molecule has 0 aliphatic carbocycles. The number of amidine groups is 1. The third-order valence-corrected chi connectivity index (χ3v) is 4.94. The summed E-state index contributed by atoms with van der Waals surface area (Å²) in [7, 11) is 0. The van der Waals surface area contributed by atoms with Gasteiger partial charge < -0.3 is 9.84 Å². The number of benzene rings is 2. The molecule has 0 bridgehead atoms. The Balaban J connectivity index is 1.88. The summed E-state index contributed by atoms with van der Waals surface area (Å²) in [5, 5.41) is 9.41. The van der Waals surface area contributed by atoms with Gasteiger partial charge in [0.05, 0.1) is 10.6 Å². The maximum Gasteiger partial charge on any atom is 0.341 e. The zero-order valence-corrected chi connectivity index (χ0v) is 17.1. The largest absolute Gasteiger partial charge is 0.482 e. The summed E-state index contributed by atoms with van der Waals surface area (Å²) < 4.78 is 5.22. The lowest BCUT2D eigenvalue weighted by Crippen LogP contribution is -2.32. The number of amides is 1. The molecule has 1 heterocycles. The second-order valence-corrected chi connectivity index (χ2v) is 7.91. The van der Waals surface area contributed by atoms with E-state index < -0.39 is 12.6 Å². The first-order valence-electron chi connectivity index (χ1n) is 9.22. The summed E-state index contributed by atoms with van der Waals surface area (Å²) in [6.45, 7) is 4.28. The molecule has 0 atom stereocenters. The summed E-state index contributed by atoms with van der Waals surface area (Å²) in [5.74, 6) is -0.390. The van der Waals surface area contributed by atoms with E-state index in [1.165, 1.54) is 11.8 Å². The molecule has 0 saturated carbocycles. The van der Waals surface area contributed by atoms with Gasteiger partial charge in [0.1, 0.15) is 5.75 Å². The lowest BCUT2D eigenvalue weighted by molar-refractivity contribution is -0.139. The Labute approximate surface area is 173 Å². The van der Waals surface area contributed by atoms with Crippen molar-refractivity contribution >= 4 is 40.6 Å². The van der Waals surface area contributed by atoms with Crippen molar-refractivity contribution in [3.05, 3.63) is 65.1 Å². The number of ether oxygens (including phenoxy) is 1. The first-order valence-corrected chi connectivity index (χ1v) is 10.0. The van der Waals surface area contributed by atoms with Crippen LogP contribution in [0, 0.1) is 5.92 Å². The molecule has 1 N–H and O–H groups in total. The molecule has 1 aliphatic rings. The average molecular weight is 410 g/mol. The topological polar surface area (TPSA) is 79.2 Å². The van der Waals surface area contributed by atoms with E-state index in [9.17, 15) is 9.59 Å². The second-order valence-electron chi connectivity index (χ2n) is 6.91. The minimum absolute atomic E-state index is 0.0877. The number of carboxylic acid groups (broad SMARTS) is 1. The molecular formula is C22H22N2O4S. The summed E-state index contributed by atoms with van der Waals surface area (Å²) in [6, 6.07) is 16.5. The molecule has 0 aromatic heterocycles. The third kappa shape index (κ3) is 5.71. The Morgan fingerprint density at radius 2 is 1.97 bits per heavy atom. The number of nitrogens with zero attached hydrogens (tertiary/aromatic N) is 2. The van der Waals surface area contributed by atoms with Crippen molar-refractivity contribution in [2.75, 3.05) is 13.2 Å². The van der Waals surface area contributed by atoms with Crippen LogP contribution in [0.4, 0.5) is 5.69 Å². The van der Waals surface area contributed by atoms with Crippen LogP contribution in [-0.2, 0) is 9.59 Å². The van der Waals surface area contributed by atoms with Crippen LogP contribution in [0.3, 0.4) is 0 Å². The zero-order chi connectivity index (χ0) is 20.8. The van der Waals surface area contributed by atoms with Crippen molar-refractivity contribution in [1.29, 1.82) is 0 Å². The van der Waals surface area contributed by atoms with Crippen LogP contribution in [0.25, 0.3) is 6.08 Å². The molecule has 3 rings (SSSR count). The molecule has 1 amide bonds. The van der Waals surface area contributed by atoms with Gasteiger partial charge in [0.25, 0.3) is 5.91 Å². The van der Waals surface area contributed by atoms with Gasteiger partial charge in [0.2, 0.25) is 0 Å². The van der Waals surface area contributed by atoms with Crippen molar-refractivity contribution in [3.8, 4) is 5.75 Å². The number of carboxylic acids is 1. The first kappa shape index (κ1) is 20.7. The lowest BCUT2D eigenvalue weighted by Gasteiger charge is -2.17. The number of rotatable bonds is 7. The number of thioether (sulfide) groups is 1. The Hall–Kier alpha value is -3.06. The fraction of sp³-hybridized carbons (Fsp3) is 0.227. The van der Waals surface area contributed by atoms with Gasteiger partial charge in [-0.15, -0.1) is 0 Å². The van der Waals surface area contributed by atoms with Crippen LogP contribution in [0.1, 0.15) is 19.4 Å². The van der Waals surface area contributed by atoms with Gasteiger partial charge in [-0.3, -0.25) is 9.69 Å². The number of hydrogen-bond donors (Lipinski definition) is 1. The summed E-state index contributed by atoms with van der Waals surface area (Å²) in [6.07, 6.45) is 1.78. The van der Waals surface area contributed by atoms with E-state index in [2.05, 4.69) is 18.8 Å². The SMILES string of the molecule is CC(C)CN1C(=O)/C(=C/c2cccc(OCC(=O)O)c2)SC1=Nc1ccccc1. The number of aliphatic carboxylic acids is 1. The molecular weight excluding hydrogens is 388 g/mol. The fourth-order valence-corrected chi connectivity index (χ4v) is 3.73. The molecule has 0 radical (unpaired) electrons. The average Bonchev–Trinajstić information content (AvgIpc) is 2.96. The summed E-state index contributed by atoms with van der Waals surface area (Å²) in [5.41, 5.74) is 1.55. The first-order chi connectivity index (χ1) is 13.9. The maximum atomic E-state index is 13.0. The van der Waals surface area contributed by atoms with Gasteiger partial charge in [-0.1, -0.05) is 44.2 Å². The molecule has 0 unspecified atom stereocenters. The van der Waals surface area contributed by atoms with Crippen LogP contribution < -0.4 is 4.74 Å². The highest BCUT2D eigenvalue weighted by atomic mass is 32.2. The van der Waals surface area contributed by atoms with E-state index in [4.69, 9.17) is 9.84 Å². The number of carbonyl (C=O) groups excluding carboxylic acids is 1. The highest BCUT2D eigenvalue weighted by Crippen LogP contribution is 2.35. The molecule has 6 nitrogen and oxygen atoms in total. The summed E-state index contributed by atoms with van der Waals surface area (Å²) >= 11 is 1.34. The Morgan fingerprint density at radius 3 is 2.66 bits per heavy atom. The van der Waals surface area contributed by atoms with Crippen LogP contribution in [0.5, 0.6) is 5.75 Å². The van der Waals surface area contributed by atoms with Crippen LogP contribution in [-0.4, -0.2) is 40.2 Å². The highest BCUT2D eigenvalue weighted by molar-refractivity contribution is 8.18. The fourth-order valence-electron chi connectivity index (χ4n) is 2.72. The number of aliphatic imine (C=N–C) groups is 1. The third-order valence-electron chi connectivity index (χ3n) is 3.93. The van der Waals surface area contributed by atoms with E-state index in [0.717, 1.165) is 11.3 Å². The van der Waals surface area contributed by atoms with Crippen molar-refractivity contribution < 1.29 is 19.4 Å². The maximum absolute atomic E-state index is 13.0. The molecule has 1 fully saturated rings. The number of hydrogen-bond acceptors (Lipinski definition) is 5. The zero-order valence-electron chi connectivity index (χ0n) is 16.2. The van der Waals surface area contributed by atoms with Gasteiger partial charge in [0.15, 0.2) is 11.8 Å². The Morgan fingerprint density at radius 1 is 1.21 bits per heavy atom. The molecule has 29 heavy (non-hydrogen) atoms. The standard InChI is InChI=1S/C22H22N2O4S/c1-15(2)13-24-21(27)19(29-22(24)23-17-8-4-3-5-9-17)12-16-7-6-10-18(11-16)28-14-20(25)26/h3-12,15H,13-14H2,1-2H3,(H,25,26)/b19-12-,23-22?. The van der Waals surface area contributed by atoms with Crippen molar-refractivity contribution in [3.63, 3.8) is 0 Å². The Bertz CT molecular complexity index is 954. The summed E-state index contributed by atoms with van der Waals surface area (Å²) in [4.78, 5) is 30.6. The second kappa shape index (κ2) is 9.43. The van der Waals surface area contributed by atoms with E-state index in [0.29, 0.717) is 28.3 Å². The predicted octanol–water partition coefficient (Wildman–Crippen LogP) is 4.41. The lowest BCUT2D eigenvalue weighted by atomic mass is 10.2. The van der Waals surface area contributed by atoms with E-state index in [-0.39, 0.29) is 5.91 Å². The predicted molar refractivity (Wildman–Crippen MR) is 115 cm³/mol. The minimum Gasteiger partial charge on any atom is -0.482 e. The number of para-hydroxylation sites is 1. The molecule has 150 valence electrons.